The lowest BCUT2D eigenvalue weighted by Gasteiger charge is -2.25. The highest BCUT2D eigenvalue weighted by molar-refractivity contribution is 9.09. The van der Waals surface area contributed by atoms with Crippen LogP contribution in [0.1, 0.15) is 55.3 Å². The molecule has 0 aliphatic heterocycles. The molecular formula is C16H23BrO. The summed E-state index contributed by atoms with van der Waals surface area (Å²) in [6, 6.07) is 8.51. The van der Waals surface area contributed by atoms with E-state index in [1.165, 1.54) is 50.5 Å². The molecular weight excluding hydrogens is 288 g/mol. The van der Waals surface area contributed by atoms with Crippen LogP contribution in [0.5, 0.6) is 5.75 Å². The monoisotopic (exact) mass is 310 g/mol. The molecule has 0 N–H and O–H groups in total. The molecule has 1 saturated carbocycles. The van der Waals surface area contributed by atoms with E-state index in [-0.39, 0.29) is 0 Å². The first-order chi connectivity index (χ1) is 8.81. The normalized spacial score (nSPS) is 19.9. The van der Waals surface area contributed by atoms with Crippen LogP contribution in [0.15, 0.2) is 24.3 Å². The van der Waals surface area contributed by atoms with Gasteiger partial charge in [0.1, 0.15) is 5.75 Å². The lowest BCUT2D eigenvalue weighted by atomic mass is 9.86. The van der Waals surface area contributed by atoms with Crippen molar-refractivity contribution in [2.75, 3.05) is 7.11 Å². The Kier molecular flexibility index (Phi) is 5.55. The van der Waals surface area contributed by atoms with E-state index in [1.807, 2.05) is 0 Å². The van der Waals surface area contributed by atoms with E-state index in [0.717, 1.165) is 11.7 Å². The maximum Gasteiger partial charge on any atom is 0.118 e. The first kappa shape index (κ1) is 13.9. The van der Waals surface area contributed by atoms with Gasteiger partial charge in [0.05, 0.1) is 7.11 Å². The summed E-state index contributed by atoms with van der Waals surface area (Å²) in [7, 11) is 1.72. The Labute approximate surface area is 119 Å². The highest BCUT2D eigenvalue weighted by Gasteiger charge is 2.21. The molecule has 18 heavy (non-hydrogen) atoms. The molecule has 0 bridgehead atoms. The van der Waals surface area contributed by atoms with Crippen molar-refractivity contribution < 1.29 is 4.74 Å². The van der Waals surface area contributed by atoms with Crippen LogP contribution < -0.4 is 4.74 Å². The van der Waals surface area contributed by atoms with Crippen LogP contribution in [0.4, 0.5) is 0 Å². The van der Waals surface area contributed by atoms with E-state index in [1.54, 1.807) is 7.11 Å². The molecule has 100 valence electrons. The number of ether oxygens (including phenoxy) is 1. The molecule has 0 saturated heterocycles. The minimum Gasteiger partial charge on any atom is -0.497 e. The maximum absolute atomic E-state index is 5.22. The molecule has 2 heteroatoms. The SMILES string of the molecule is COc1ccc(C(Br)C2CCCCCCC2)cc1. The zero-order valence-corrected chi connectivity index (χ0v) is 12.8. The van der Waals surface area contributed by atoms with Gasteiger partial charge >= 0.3 is 0 Å². The molecule has 1 aliphatic carbocycles. The standard InChI is InChI=1S/C16H23BrO/c1-18-15-11-9-14(10-12-15)16(17)13-7-5-3-2-4-6-8-13/h9-13,16H,2-8H2,1H3. The lowest BCUT2D eigenvalue weighted by Crippen LogP contribution is -2.10. The zero-order chi connectivity index (χ0) is 12.8. The minimum absolute atomic E-state index is 0.501. The Bertz CT molecular complexity index is 339. The molecule has 0 radical (unpaired) electrons. The van der Waals surface area contributed by atoms with Crippen LogP contribution in [0, 0.1) is 5.92 Å². The Morgan fingerprint density at radius 2 is 1.56 bits per heavy atom. The van der Waals surface area contributed by atoms with E-state index in [2.05, 4.69) is 40.2 Å². The summed E-state index contributed by atoms with van der Waals surface area (Å²) >= 11 is 3.91. The van der Waals surface area contributed by atoms with Crippen LogP contribution >= 0.6 is 15.9 Å². The van der Waals surface area contributed by atoms with Crippen molar-refractivity contribution in [2.24, 2.45) is 5.92 Å². The Hall–Kier alpha value is -0.500. The third-order valence-electron chi connectivity index (χ3n) is 4.00. The molecule has 1 unspecified atom stereocenters. The highest BCUT2D eigenvalue weighted by Crippen LogP contribution is 2.39. The van der Waals surface area contributed by atoms with Gasteiger partial charge in [-0.1, -0.05) is 60.2 Å². The van der Waals surface area contributed by atoms with E-state index in [0.29, 0.717) is 4.83 Å². The van der Waals surface area contributed by atoms with Crippen molar-refractivity contribution in [1.82, 2.24) is 0 Å². The van der Waals surface area contributed by atoms with Crippen LogP contribution in [0.2, 0.25) is 0 Å². The van der Waals surface area contributed by atoms with Crippen molar-refractivity contribution in [1.29, 1.82) is 0 Å². The third-order valence-corrected chi connectivity index (χ3v) is 5.27. The second-order valence-electron chi connectivity index (χ2n) is 5.28. The fraction of sp³-hybridized carbons (Fsp3) is 0.625. The average molecular weight is 311 g/mol. The van der Waals surface area contributed by atoms with E-state index >= 15 is 0 Å². The topological polar surface area (TPSA) is 9.23 Å². The van der Waals surface area contributed by atoms with Gasteiger partial charge < -0.3 is 4.74 Å². The molecule has 1 fully saturated rings. The average Bonchev–Trinajstić information content (AvgIpc) is 2.38. The van der Waals surface area contributed by atoms with Crippen molar-refractivity contribution in [3.63, 3.8) is 0 Å². The first-order valence-corrected chi connectivity index (χ1v) is 8.01. The number of alkyl halides is 1. The lowest BCUT2D eigenvalue weighted by molar-refractivity contribution is 0.374. The summed E-state index contributed by atoms with van der Waals surface area (Å²) in [5.74, 6) is 1.73. The molecule has 2 rings (SSSR count). The van der Waals surface area contributed by atoms with Gasteiger partial charge in [-0.3, -0.25) is 0 Å². The highest BCUT2D eigenvalue weighted by atomic mass is 79.9. The molecule has 1 aromatic carbocycles. The summed E-state index contributed by atoms with van der Waals surface area (Å²) in [5, 5.41) is 0. The Morgan fingerprint density at radius 3 is 2.11 bits per heavy atom. The molecule has 1 aromatic rings. The van der Waals surface area contributed by atoms with Crippen molar-refractivity contribution >= 4 is 15.9 Å². The van der Waals surface area contributed by atoms with Gasteiger partial charge in [-0.25, -0.2) is 0 Å². The minimum atomic E-state index is 0.501. The van der Waals surface area contributed by atoms with Crippen molar-refractivity contribution in [2.45, 2.75) is 49.8 Å². The zero-order valence-electron chi connectivity index (χ0n) is 11.2. The summed E-state index contributed by atoms with van der Waals surface area (Å²) in [6.07, 6.45) is 9.77. The molecule has 0 amide bonds. The van der Waals surface area contributed by atoms with Gasteiger partial charge in [0.25, 0.3) is 0 Å². The molecule has 1 nitrogen and oxygen atoms in total. The van der Waals surface area contributed by atoms with E-state index < -0.39 is 0 Å². The summed E-state index contributed by atoms with van der Waals surface area (Å²) in [6.45, 7) is 0. The summed E-state index contributed by atoms with van der Waals surface area (Å²) in [4.78, 5) is 0.501. The number of halogens is 1. The van der Waals surface area contributed by atoms with Gasteiger partial charge in [0.15, 0.2) is 0 Å². The number of methoxy groups -OCH3 is 1. The van der Waals surface area contributed by atoms with Gasteiger partial charge in [-0.05, 0) is 36.5 Å². The second-order valence-corrected chi connectivity index (χ2v) is 6.27. The third kappa shape index (κ3) is 3.74. The van der Waals surface area contributed by atoms with Gasteiger partial charge in [-0.15, -0.1) is 0 Å². The fourth-order valence-corrected chi connectivity index (χ4v) is 3.67. The van der Waals surface area contributed by atoms with Crippen molar-refractivity contribution in [3.8, 4) is 5.75 Å². The molecule has 0 aromatic heterocycles. The Morgan fingerprint density at radius 1 is 1.00 bits per heavy atom. The van der Waals surface area contributed by atoms with Crippen molar-refractivity contribution in [3.05, 3.63) is 29.8 Å². The van der Waals surface area contributed by atoms with E-state index in [4.69, 9.17) is 4.74 Å². The maximum atomic E-state index is 5.22. The predicted octanol–water partition coefficient (Wildman–Crippen LogP) is 5.49. The number of hydrogen-bond acceptors (Lipinski definition) is 1. The van der Waals surface area contributed by atoms with Gasteiger partial charge in [0, 0.05) is 4.83 Å². The Balaban J connectivity index is 2.00. The molecule has 0 spiro atoms. The summed E-state index contributed by atoms with van der Waals surface area (Å²) in [5.41, 5.74) is 1.39. The van der Waals surface area contributed by atoms with Gasteiger partial charge in [-0.2, -0.15) is 0 Å². The molecule has 1 atom stereocenters. The second kappa shape index (κ2) is 7.18. The smallest absolute Gasteiger partial charge is 0.118 e. The van der Waals surface area contributed by atoms with Gasteiger partial charge in [0.2, 0.25) is 0 Å². The fourth-order valence-electron chi connectivity index (χ4n) is 2.84. The van der Waals surface area contributed by atoms with Crippen LogP contribution in [-0.2, 0) is 0 Å². The largest absolute Gasteiger partial charge is 0.497 e. The number of rotatable bonds is 3. The molecule has 1 aliphatic rings. The van der Waals surface area contributed by atoms with Crippen LogP contribution in [0.3, 0.4) is 0 Å². The van der Waals surface area contributed by atoms with Crippen LogP contribution in [0.25, 0.3) is 0 Å². The van der Waals surface area contributed by atoms with Crippen LogP contribution in [-0.4, -0.2) is 7.11 Å². The number of benzene rings is 1. The first-order valence-electron chi connectivity index (χ1n) is 7.09. The van der Waals surface area contributed by atoms with E-state index in [9.17, 15) is 0 Å². The number of hydrogen-bond donors (Lipinski definition) is 0. The molecule has 0 heterocycles. The summed E-state index contributed by atoms with van der Waals surface area (Å²) < 4.78 is 5.22. The predicted molar refractivity (Wildman–Crippen MR) is 80.5 cm³/mol. The quantitative estimate of drug-likeness (QED) is 0.671.